The summed E-state index contributed by atoms with van der Waals surface area (Å²) >= 11 is 0. The molecule has 0 aromatic heterocycles. The van der Waals surface area contributed by atoms with E-state index < -0.39 is 22.5 Å². The zero-order valence-electron chi connectivity index (χ0n) is 13.1. The summed E-state index contributed by atoms with van der Waals surface area (Å²) in [5, 5.41) is 9.54. The van der Waals surface area contributed by atoms with Crippen molar-refractivity contribution in [1.29, 1.82) is 0 Å². The summed E-state index contributed by atoms with van der Waals surface area (Å²) in [7, 11) is -2.72. The highest BCUT2D eigenvalue weighted by Gasteiger charge is 2.37. The molecule has 1 aliphatic carbocycles. The summed E-state index contributed by atoms with van der Waals surface area (Å²) in [5.41, 5.74) is 0.735. The smallest absolute Gasteiger partial charge is 0.310 e. The fraction of sp³-hybridized carbons (Fsp3) is 0.588. The third kappa shape index (κ3) is 3.88. The van der Waals surface area contributed by atoms with E-state index in [2.05, 4.69) is 0 Å². The van der Waals surface area contributed by atoms with Crippen molar-refractivity contribution in [3.63, 3.8) is 0 Å². The number of carboxylic acid groups (broad SMARTS) is 1. The molecule has 1 heterocycles. The first kappa shape index (κ1) is 16.8. The molecule has 0 amide bonds. The minimum absolute atomic E-state index is 0.0224. The van der Waals surface area contributed by atoms with Crippen LogP contribution in [0.2, 0.25) is 0 Å². The van der Waals surface area contributed by atoms with E-state index in [0.29, 0.717) is 30.4 Å². The van der Waals surface area contributed by atoms with E-state index in [1.807, 2.05) is 0 Å². The van der Waals surface area contributed by atoms with Gasteiger partial charge in [0.15, 0.2) is 0 Å². The largest absolute Gasteiger partial charge is 0.481 e. The zero-order chi connectivity index (χ0) is 16.4. The second-order valence-corrected chi connectivity index (χ2v) is 8.87. The molecule has 0 spiro atoms. The zero-order valence-corrected chi connectivity index (χ0v) is 13.9. The topological polar surface area (TPSA) is 87.0 Å². The second kappa shape index (κ2) is 6.81. The minimum atomic E-state index is -2.72. The summed E-state index contributed by atoms with van der Waals surface area (Å²) in [4.78, 5) is 12.2. The van der Waals surface area contributed by atoms with Crippen LogP contribution in [-0.2, 0) is 9.53 Å². The maximum absolute atomic E-state index is 11.6. The van der Waals surface area contributed by atoms with Gasteiger partial charge in [-0.1, -0.05) is 12.1 Å². The maximum atomic E-state index is 11.6. The number of carboxylic acids is 1. The van der Waals surface area contributed by atoms with E-state index in [4.69, 9.17) is 4.74 Å². The Kier molecular flexibility index (Phi) is 4.96. The summed E-state index contributed by atoms with van der Waals surface area (Å²) in [6, 6.07) is 6.85. The molecule has 1 aliphatic heterocycles. The first-order valence-electron chi connectivity index (χ1n) is 8.16. The number of carbonyl (C=O) groups is 1. The lowest BCUT2D eigenvalue weighted by atomic mass is 9.85. The third-order valence-electron chi connectivity index (χ3n) is 4.83. The number of aliphatic carboxylic acids is 1. The van der Waals surface area contributed by atoms with Gasteiger partial charge in [-0.15, -0.1) is 0 Å². The van der Waals surface area contributed by atoms with Crippen LogP contribution >= 0.6 is 10.6 Å². The molecular weight excluding hydrogens is 316 g/mol. The van der Waals surface area contributed by atoms with Gasteiger partial charge in [0.25, 0.3) is 0 Å². The lowest BCUT2D eigenvalue weighted by Crippen LogP contribution is -2.21. The molecule has 1 saturated heterocycles. The van der Waals surface area contributed by atoms with Gasteiger partial charge in [-0.05, 0) is 55.7 Å². The second-order valence-electron chi connectivity index (χ2n) is 6.54. The number of hydrogen-bond donors (Lipinski definition) is 3. The van der Waals surface area contributed by atoms with Crippen molar-refractivity contribution < 1.29 is 23.7 Å². The van der Waals surface area contributed by atoms with Crippen molar-refractivity contribution >= 4 is 16.6 Å². The van der Waals surface area contributed by atoms with Crippen LogP contribution < -0.4 is 0 Å². The first-order chi connectivity index (χ1) is 11.0. The molecule has 1 aromatic carbocycles. The average Bonchev–Trinajstić information content (AvgIpc) is 3.39. The van der Waals surface area contributed by atoms with Crippen molar-refractivity contribution in [2.45, 2.75) is 48.2 Å². The van der Waals surface area contributed by atoms with Gasteiger partial charge in [0.05, 0.1) is 16.1 Å². The van der Waals surface area contributed by atoms with Gasteiger partial charge in [-0.3, -0.25) is 13.9 Å². The average molecular weight is 340 g/mol. The Balaban J connectivity index is 1.73. The van der Waals surface area contributed by atoms with Crippen LogP contribution in [0.4, 0.5) is 0 Å². The molecule has 5 nitrogen and oxygen atoms in total. The summed E-state index contributed by atoms with van der Waals surface area (Å²) in [6.45, 7) is 1.41. The molecule has 3 N–H and O–H groups in total. The fourth-order valence-corrected chi connectivity index (χ4v) is 4.90. The van der Waals surface area contributed by atoms with Crippen molar-refractivity contribution in [2.75, 3.05) is 13.2 Å². The lowest BCUT2D eigenvalue weighted by molar-refractivity contribution is -0.139. The van der Waals surface area contributed by atoms with Gasteiger partial charge < -0.3 is 9.84 Å². The minimum Gasteiger partial charge on any atom is -0.481 e. The molecule has 1 atom stereocenters. The molecule has 0 unspecified atom stereocenters. The fourth-order valence-electron chi connectivity index (χ4n) is 3.18. The van der Waals surface area contributed by atoms with Crippen molar-refractivity contribution in [2.24, 2.45) is 5.92 Å². The molecule has 1 aromatic rings. The Hall–Kier alpha value is -1.08. The number of hydrogen-bond acceptors (Lipinski definition) is 4. The molecule has 6 heteroatoms. The summed E-state index contributed by atoms with van der Waals surface area (Å²) in [6.07, 6.45) is 4.13. The predicted octanol–water partition coefficient (Wildman–Crippen LogP) is 3.94. The van der Waals surface area contributed by atoms with E-state index in [1.165, 1.54) is 0 Å². The molecule has 128 valence electrons. The standard InChI is InChI=1S/C17H24O5S/c18-17(19)16(11-12-7-9-22-10-8-12)13-1-3-14(4-2-13)23(20,21)15-5-6-15/h1-4,12,15-16,20-21H,5-11H2,(H,18,19)/t16-/m1/s1. The van der Waals surface area contributed by atoms with Crippen LogP contribution in [0, 0.1) is 5.92 Å². The van der Waals surface area contributed by atoms with Gasteiger partial charge in [0.2, 0.25) is 0 Å². The van der Waals surface area contributed by atoms with Crippen LogP contribution in [-0.4, -0.2) is 38.6 Å². The van der Waals surface area contributed by atoms with Crippen molar-refractivity contribution in [3.05, 3.63) is 29.8 Å². The highest BCUT2D eigenvalue weighted by atomic mass is 32.3. The quantitative estimate of drug-likeness (QED) is 0.730. The van der Waals surface area contributed by atoms with Crippen LogP contribution in [0.25, 0.3) is 0 Å². The van der Waals surface area contributed by atoms with Crippen LogP contribution in [0.15, 0.2) is 29.2 Å². The Bertz CT molecular complexity index is 547. The summed E-state index contributed by atoms with van der Waals surface area (Å²) < 4.78 is 25.8. The highest BCUT2D eigenvalue weighted by molar-refractivity contribution is 8.25. The van der Waals surface area contributed by atoms with E-state index >= 15 is 0 Å². The molecule has 2 fully saturated rings. The lowest BCUT2D eigenvalue weighted by Gasteiger charge is -2.33. The van der Waals surface area contributed by atoms with E-state index in [0.717, 1.165) is 31.2 Å². The molecule has 23 heavy (non-hydrogen) atoms. The predicted molar refractivity (Wildman–Crippen MR) is 89.1 cm³/mol. The van der Waals surface area contributed by atoms with Gasteiger partial charge >= 0.3 is 5.97 Å². The number of rotatable bonds is 6. The third-order valence-corrected chi connectivity index (χ3v) is 7.19. The van der Waals surface area contributed by atoms with Crippen molar-refractivity contribution in [3.8, 4) is 0 Å². The highest BCUT2D eigenvalue weighted by Crippen LogP contribution is 2.61. The number of benzene rings is 1. The molecule has 3 rings (SSSR count). The van der Waals surface area contributed by atoms with Gasteiger partial charge in [0, 0.05) is 13.2 Å². The Morgan fingerprint density at radius 2 is 1.74 bits per heavy atom. The normalized spacial score (nSPS) is 21.8. The van der Waals surface area contributed by atoms with E-state index in [-0.39, 0.29) is 5.25 Å². The van der Waals surface area contributed by atoms with Crippen molar-refractivity contribution in [1.82, 2.24) is 0 Å². The Labute approximate surface area is 138 Å². The summed E-state index contributed by atoms with van der Waals surface area (Å²) in [5.74, 6) is -0.996. The van der Waals surface area contributed by atoms with E-state index in [1.54, 1.807) is 24.3 Å². The van der Waals surface area contributed by atoms with Gasteiger partial charge in [-0.2, -0.15) is 10.6 Å². The van der Waals surface area contributed by atoms with Crippen LogP contribution in [0.1, 0.15) is 43.6 Å². The molecular formula is C17H24O5S. The Morgan fingerprint density at radius 1 is 1.13 bits per heavy atom. The van der Waals surface area contributed by atoms with Gasteiger partial charge in [0.1, 0.15) is 0 Å². The Morgan fingerprint density at radius 3 is 2.26 bits per heavy atom. The SMILES string of the molecule is O=C(O)[C@H](CC1CCOCC1)c1ccc(S(O)(O)C2CC2)cc1. The molecule has 0 bridgehead atoms. The van der Waals surface area contributed by atoms with Gasteiger partial charge in [-0.25, -0.2) is 0 Å². The molecule has 1 saturated carbocycles. The van der Waals surface area contributed by atoms with Crippen LogP contribution in [0.3, 0.4) is 0 Å². The first-order valence-corrected chi connectivity index (χ1v) is 9.77. The monoisotopic (exact) mass is 340 g/mol. The molecule has 2 aliphatic rings. The van der Waals surface area contributed by atoms with Crippen LogP contribution in [0.5, 0.6) is 0 Å². The molecule has 0 radical (unpaired) electrons. The van der Waals surface area contributed by atoms with E-state index in [9.17, 15) is 19.0 Å². The maximum Gasteiger partial charge on any atom is 0.310 e. The number of ether oxygens (including phenoxy) is 1.